The Balaban J connectivity index is 2.23. The third-order valence-electron chi connectivity index (χ3n) is 3.38. The molecule has 0 bridgehead atoms. The van der Waals surface area contributed by atoms with Gasteiger partial charge in [-0.25, -0.2) is 4.90 Å². The maximum atomic E-state index is 12.5. The van der Waals surface area contributed by atoms with Gasteiger partial charge >= 0.3 is 0 Å². The SMILES string of the molecule is Cc1nc(C)c2c(c1O)C(=O)N(c1ccccc1)C2=O. The summed E-state index contributed by atoms with van der Waals surface area (Å²) in [5.41, 5.74) is 1.50. The number of hydrogen-bond acceptors (Lipinski definition) is 4. The van der Waals surface area contributed by atoms with Gasteiger partial charge in [0.05, 0.1) is 28.2 Å². The van der Waals surface area contributed by atoms with E-state index in [1.54, 1.807) is 44.2 Å². The number of aryl methyl sites for hydroxylation is 2. The topological polar surface area (TPSA) is 70.5 Å². The van der Waals surface area contributed by atoms with Crippen LogP contribution in [-0.2, 0) is 0 Å². The number of carbonyl (C=O) groups excluding carboxylic acids is 2. The van der Waals surface area contributed by atoms with Crippen LogP contribution in [0.3, 0.4) is 0 Å². The van der Waals surface area contributed by atoms with E-state index in [1.807, 2.05) is 0 Å². The minimum Gasteiger partial charge on any atom is -0.505 e. The summed E-state index contributed by atoms with van der Waals surface area (Å²) in [7, 11) is 0. The van der Waals surface area contributed by atoms with Crippen molar-refractivity contribution in [3.8, 4) is 5.75 Å². The number of rotatable bonds is 1. The lowest BCUT2D eigenvalue weighted by Crippen LogP contribution is -2.29. The normalized spacial score (nSPS) is 13.8. The number of pyridine rings is 1. The van der Waals surface area contributed by atoms with Crippen molar-refractivity contribution < 1.29 is 14.7 Å². The summed E-state index contributed by atoms with van der Waals surface area (Å²) in [6, 6.07) is 8.64. The molecule has 0 atom stereocenters. The molecule has 0 spiro atoms. The van der Waals surface area contributed by atoms with Crippen molar-refractivity contribution in [3.05, 3.63) is 52.8 Å². The molecule has 2 heterocycles. The number of aromatic hydroxyl groups is 1. The highest BCUT2D eigenvalue weighted by molar-refractivity contribution is 6.35. The predicted molar refractivity (Wildman–Crippen MR) is 73.0 cm³/mol. The van der Waals surface area contributed by atoms with E-state index in [2.05, 4.69) is 4.98 Å². The maximum absolute atomic E-state index is 12.5. The number of nitrogens with zero attached hydrogens (tertiary/aromatic N) is 2. The molecule has 0 saturated heterocycles. The molecule has 0 aliphatic carbocycles. The standard InChI is InChI=1S/C15H12N2O3/c1-8-11-12(13(18)9(2)16-8)15(20)17(14(11)19)10-6-4-3-5-7-10/h3-7,18H,1-2H3. The van der Waals surface area contributed by atoms with E-state index in [0.717, 1.165) is 4.90 Å². The van der Waals surface area contributed by atoms with E-state index in [4.69, 9.17) is 0 Å². The van der Waals surface area contributed by atoms with Crippen LogP contribution in [-0.4, -0.2) is 21.9 Å². The Morgan fingerprint density at radius 3 is 2.20 bits per heavy atom. The fraction of sp³-hybridized carbons (Fsp3) is 0.133. The Labute approximate surface area is 115 Å². The molecule has 1 aliphatic rings. The van der Waals surface area contributed by atoms with E-state index < -0.39 is 11.8 Å². The molecule has 3 rings (SSSR count). The van der Waals surface area contributed by atoms with Gasteiger partial charge in [0.25, 0.3) is 11.8 Å². The van der Waals surface area contributed by atoms with Crippen LogP contribution in [0.25, 0.3) is 0 Å². The molecule has 1 N–H and O–H groups in total. The number of hydrogen-bond donors (Lipinski definition) is 1. The summed E-state index contributed by atoms with van der Waals surface area (Å²) < 4.78 is 0. The first-order valence-electron chi connectivity index (χ1n) is 6.16. The minimum atomic E-state index is -0.512. The minimum absolute atomic E-state index is 0.0452. The van der Waals surface area contributed by atoms with E-state index in [-0.39, 0.29) is 16.9 Å². The van der Waals surface area contributed by atoms with Gasteiger partial charge in [0.15, 0.2) is 0 Å². The molecule has 20 heavy (non-hydrogen) atoms. The number of imide groups is 1. The van der Waals surface area contributed by atoms with Gasteiger partial charge in [-0.1, -0.05) is 18.2 Å². The Kier molecular flexibility index (Phi) is 2.57. The monoisotopic (exact) mass is 268 g/mol. The number of para-hydroxylation sites is 1. The smallest absolute Gasteiger partial charge is 0.270 e. The van der Waals surface area contributed by atoms with E-state index >= 15 is 0 Å². The van der Waals surface area contributed by atoms with Crippen LogP contribution in [0, 0.1) is 13.8 Å². The van der Waals surface area contributed by atoms with Crippen LogP contribution in [0.4, 0.5) is 5.69 Å². The van der Waals surface area contributed by atoms with Gasteiger partial charge < -0.3 is 5.11 Å². The van der Waals surface area contributed by atoms with E-state index in [0.29, 0.717) is 17.1 Å². The highest BCUT2D eigenvalue weighted by Crippen LogP contribution is 2.35. The van der Waals surface area contributed by atoms with Crippen LogP contribution in [0.1, 0.15) is 32.1 Å². The average molecular weight is 268 g/mol. The Hall–Kier alpha value is -2.69. The summed E-state index contributed by atoms with van der Waals surface area (Å²) in [6.45, 7) is 3.26. The van der Waals surface area contributed by atoms with Crippen LogP contribution < -0.4 is 4.90 Å². The van der Waals surface area contributed by atoms with E-state index in [9.17, 15) is 14.7 Å². The first-order valence-corrected chi connectivity index (χ1v) is 6.16. The van der Waals surface area contributed by atoms with Crippen molar-refractivity contribution in [2.45, 2.75) is 13.8 Å². The van der Waals surface area contributed by atoms with Crippen molar-refractivity contribution in [1.82, 2.24) is 4.98 Å². The number of carbonyl (C=O) groups is 2. The molecule has 100 valence electrons. The molecule has 1 aromatic carbocycles. The third kappa shape index (κ3) is 1.53. The lowest BCUT2D eigenvalue weighted by Gasteiger charge is -2.13. The van der Waals surface area contributed by atoms with Crippen molar-refractivity contribution in [1.29, 1.82) is 0 Å². The molecule has 0 fully saturated rings. The van der Waals surface area contributed by atoms with Crippen molar-refractivity contribution in [2.75, 3.05) is 4.90 Å². The molecule has 2 amide bonds. The Bertz CT molecular complexity index is 739. The van der Waals surface area contributed by atoms with Gasteiger partial charge in [0.2, 0.25) is 0 Å². The van der Waals surface area contributed by atoms with Crippen LogP contribution >= 0.6 is 0 Å². The molecule has 1 aromatic heterocycles. The first-order chi connectivity index (χ1) is 9.52. The molecule has 5 heteroatoms. The molecular formula is C15H12N2O3. The van der Waals surface area contributed by atoms with Crippen LogP contribution in [0.5, 0.6) is 5.75 Å². The molecule has 1 aliphatic heterocycles. The van der Waals surface area contributed by atoms with Gasteiger partial charge in [-0.15, -0.1) is 0 Å². The number of benzene rings is 1. The number of fused-ring (bicyclic) bond motifs is 1. The molecule has 0 radical (unpaired) electrons. The van der Waals surface area contributed by atoms with Crippen molar-refractivity contribution >= 4 is 17.5 Å². The summed E-state index contributed by atoms with van der Waals surface area (Å²) >= 11 is 0. The third-order valence-corrected chi connectivity index (χ3v) is 3.38. The zero-order valence-electron chi connectivity index (χ0n) is 11.0. The second-order valence-electron chi connectivity index (χ2n) is 4.66. The summed E-state index contributed by atoms with van der Waals surface area (Å²) in [5, 5.41) is 10.0. The van der Waals surface area contributed by atoms with Crippen molar-refractivity contribution in [2.24, 2.45) is 0 Å². The van der Waals surface area contributed by atoms with Crippen LogP contribution in [0.2, 0.25) is 0 Å². The van der Waals surface area contributed by atoms with E-state index in [1.165, 1.54) is 0 Å². The summed E-state index contributed by atoms with van der Waals surface area (Å²) in [6.07, 6.45) is 0. The second-order valence-corrected chi connectivity index (χ2v) is 4.66. The molecular weight excluding hydrogens is 256 g/mol. The summed E-state index contributed by atoms with van der Waals surface area (Å²) in [5.74, 6) is -1.18. The van der Waals surface area contributed by atoms with Gasteiger partial charge in [0.1, 0.15) is 5.75 Å². The van der Waals surface area contributed by atoms with Gasteiger partial charge in [-0.2, -0.15) is 0 Å². The van der Waals surface area contributed by atoms with Crippen LogP contribution in [0.15, 0.2) is 30.3 Å². The molecule has 2 aromatic rings. The highest BCUT2D eigenvalue weighted by atomic mass is 16.3. The predicted octanol–water partition coefficient (Wildman–Crippen LogP) is 2.20. The fourth-order valence-corrected chi connectivity index (χ4v) is 2.44. The van der Waals surface area contributed by atoms with Gasteiger partial charge in [-0.05, 0) is 26.0 Å². The number of aromatic nitrogens is 1. The Morgan fingerprint density at radius 2 is 1.55 bits per heavy atom. The second kappa shape index (κ2) is 4.16. The average Bonchev–Trinajstić information content (AvgIpc) is 2.69. The summed E-state index contributed by atoms with van der Waals surface area (Å²) in [4.78, 5) is 30.1. The number of amides is 2. The first kappa shape index (κ1) is 12.3. The van der Waals surface area contributed by atoms with Gasteiger partial charge in [-0.3, -0.25) is 14.6 Å². The zero-order chi connectivity index (χ0) is 14.4. The lowest BCUT2D eigenvalue weighted by molar-refractivity contribution is 0.0925. The molecule has 5 nitrogen and oxygen atoms in total. The largest absolute Gasteiger partial charge is 0.505 e. The highest BCUT2D eigenvalue weighted by Gasteiger charge is 2.41. The zero-order valence-corrected chi connectivity index (χ0v) is 11.0. The Morgan fingerprint density at radius 1 is 0.950 bits per heavy atom. The van der Waals surface area contributed by atoms with Crippen molar-refractivity contribution in [3.63, 3.8) is 0 Å². The molecule has 0 unspecified atom stereocenters. The maximum Gasteiger partial charge on any atom is 0.270 e. The van der Waals surface area contributed by atoms with Gasteiger partial charge in [0, 0.05) is 0 Å². The lowest BCUT2D eigenvalue weighted by atomic mass is 10.1. The molecule has 0 saturated carbocycles. The quantitative estimate of drug-likeness (QED) is 0.805. The fourth-order valence-electron chi connectivity index (χ4n) is 2.44. The number of anilines is 1.